The number of hydrogen-bond acceptors (Lipinski definition) is 6. The molecule has 1 aliphatic rings. The molecule has 0 radical (unpaired) electrons. The number of anilines is 1. The second kappa shape index (κ2) is 6.37. The fourth-order valence-corrected chi connectivity index (χ4v) is 3.04. The van der Waals surface area contributed by atoms with Gasteiger partial charge in [0, 0.05) is 40.3 Å². The van der Waals surface area contributed by atoms with Gasteiger partial charge in [-0.3, -0.25) is 18.8 Å². The Morgan fingerprint density at radius 1 is 1.17 bits per heavy atom. The standard InChI is InChI=1S/C16H19N5O3/c1-18-14(13(10-17)15(22)19(2)16(18)23)21-7-5-20(6-8-21)11-12-4-3-9-24-12/h3-4,9H,5-8,11H2,1-2H3. The zero-order chi connectivity index (χ0) is 17.3. The van der Waals surface area contributed by atoms with Crippen molar-refractivity contribution in [1.82, 2.24) is 14.0 Å². The van der Waals surface area contributed by atoms with Gasteiger partial charge in [0.15, 0.2) is 5.56 Å². The largest absolute Gasteiger partial charge is 0.468 e. The molecule has 0 unspecified atom stereocenters. The van der Waals surface area contributed by atoms with Crippen molar-refractivity contribution in [3.8, 4) is 6.07 Å². The first-order valence-corrected chi connectivity index (χ1v) is 7.72. The summed E-state index contributed by atoms with van der Waals surface area (Å²) >= 11 is 0. The van der Waals surface area contributed by atoms with Gasteiger partial charge in [0.25, 0.3) is 5.56 Å². The predicted octanol–water partition coefficient (Wildman–Crippen LogP) is -0.129. The summed E-state index contributed by atoms with van der Waals surface area (Å²) in [6.07, 6.45) is 1.65. The van der Waals surface area contributed by atoms with Crippen molar-refractivity contribution in [2.45, 2.75) is 6.54 Å². The second-order valence-corrected chi connectivity index (χ2v) is 5.86. The highest BCUT2D eigenvalue weighted by Gasteiger charge is 2.24. The predicted molar refractivity (Wildman–Crippen MR) is 87.8 cm³/mol. The van der Waals surface area contributed by atoms with E-state index in [1.165, 1.54) is 11.6 Å². The zero-order valence-corrected chi connectivity index (χ0v) is 13.7. The van der Waals surface area contributed by atoms with Gasteiger partial charge in [0.05, 0.1) is 12.8 Å². The summed E-state index contributed by atoms with van der Waals surface area (Å²) in [7, 11) is 2.98. The van der Waals surface area contributed by atoms with Crippen LogP contribution in [0.4, 0.5) is 5.82 Å². The lowest BCUT2D eigenvalue weighted by Gasteiger charge is -2.36. The molecule has 0 saturated carbocycles. The Bertz CT molecular complexity index is 880. The third kappa shape index (κ3) is 2.74. The molecule has 24 heavy (non-hydrogen) atoms. The third-order valence-electron chi connectivity index (χ3n) is 4.38. The Morgan fingerprint density at radius 2 is 1.88 bits per heavy atom. The van der Waals surface area contributed by atoms with Crippen molar-refractivity contribution in [2.24, 2.45) is 14.1 Å². The Morgan fingerprint density at radius 3 is 2.46 bits per heavy atom. The molecule has 1 aliphatic heterocycles. The molecule has 126 valence electrons. The van der Waals surface area contributed by atoms with Gasteiger partial charge < -0.3 is 9.32 Å². The van der Waals surface area contributed by atoms with Gasteiger partial charge >= 0.3 is 5.69 Å². The minimum Gasteiger partial charge on any atom is -0.468 e. The first-order chi connectivity index (χ1) is 11.5. The molecule has 0 spiro atoms. The van der Waals surface area contributed by atoms with Crippen molar-refractivity contribution < 1.29 is 4.42 Å². The minimum atomic E-state index is -0.548. The number of furan rings is 1. The van der Waals surface area contributed by atoms with Crippen molar-refractivity contribution in [3.05, 3.63) is 50.6 Å². The average molecular weight is 329 g/mol. The molecule has 0 atom stereocenters. The first-order valence-electron chi connectivity index (χ1n) is 7.72. The Kier molecular flexibility index (Phi) is 4.27. The van der Waals surface area contributed by atoms with E-state index in [-0.39, 0.29) is 5.56 Å². The quantitative estimate of drug-likeness (QED) is 0.780. The van der Waals surface area contributed by atoms with Crippen LogP contribution >= 0.6 is 0 Å². The smallest absolute Gasteiger partial charge is 0.332 e. The third-order valence-corrected chi connectivity index (χ3v) is 4.38. The molecule has 8 nitrogen and oxygen atoms in total. The highest BCUT2D eigenvalue weighted by Crippen LogP contribution is 2.18. The van der Waals surface area contributed by atoms with Gasteiger partial charge in [-0.2, -0.15) is 5.26 Å². The number of rotatable bonds is 3. The number of hydrogen-bond donors (Lipinski definition) is 0. The molecule has 3 rings (SSSR count). The maximum Gasteiger partial charge on any atom is 0.332 e. The Balaban J connectivity index is 1.83. The molecule has 0 amide bonds. The minimum absolute atomic E-state index is 0.0130. The lowest BCUT2D eigenvalue weighted by Crippen LogP contribution is -2.50. The summed E-state index contributed by atoms with van der Waals surface area (Å²) < 4.78 is 7.70. The lowest BCUT2D eigenvalue weighted by molar-refractivity contribution is 0.229. The van der Waals surface area contributed by atoms with E-state index in [0.717, 1.165) is 30.0 Å². The number of nitrogens with zero attached hydrogens (tertiary/aromatic N) is 5. The van der Waals surface area contributed by atoms with Crippen LogP contribution in [0.25, 0.3) is 0 Å². The van der Waals surface area contributed by atoms with Crippen LogP contribution in [0.15, 0.2) is 32.4 Å². The summed E-state index contributed by atoms with van der Waals surface area (Å²) in [6, 6.07) is 5.75. The van der Waals surface area contributed by atoms with Crippen molar-refractivity contribution in [3.63, 3.8) is 0 Å². The van der Waals surface area contributed by atoms with Crippen LogP contribution in [0.2, 0.25) is 0 Å². The molecule has 2 aromatic rings. The molecule has 8 heteroatoms. The Labute approximate surface area is 138 Å². The molecule has 0 aliphatic carbocycles. The van der Waals surface area contributed by atoms with Crippen LogP contribution in [0.5, 0.6) is 0 Å². The molecule has 3 heterocycles. The van der Waals surface area contributed by atoms with E-state index in [1.54, 1.807) is 13.3 Å². The monoisotopic (exact) mass is 329 g/mol. The molecule has 1 saturated heterocycles. The van der Waals surface area contributed by atoms with Crippen molar-refractivity contribution in [2.75, 3.05) is 31.1 Å². The maximum atomic E-state index is 12.2. The second-order valence-electron chi connectivity index (χ2n) is 5.86. The number of nitriles is 1. The molecule has 1 fully saturated rings. The van der Waals surface area contributed by atoms with E-state index < -0.39 is 11.2 Å². The van der Waals surface area contributed by atoms with Crippen LogP contribution < -0.4 is 16.1 Å². The van der Waals surface area contributed by atoms with Crippen molar-refractivity contribution in [1.29, 1.82) is 5.26 Å². The first kappa shape index (κ1) is 16.1. The lowest BCUT2D eigenvalue weighted by atomic mass is 10.2. The Hall–Kier alpha value is -2.79. The van der Waals surface area contributed by atoms with E-state index >= 15 is 0 Å². The summed E-state index contributed by atoms with van der Waals surface area (Å²) in [5.41, 5.74) is -0.959. The summed E-state index contributed by atoms with van der Waals surface area (Å²) in [5.74, 6) is 1.31. The molecular weight excluding hydrogens is 310 g/mol. The van der Waals surface area contributed by atoms with E-state index in [0.29, 0.717) is 18.9 Å². The van der Waals surface area contributed by atoms with Gasteiger partial charge in [0.2, 0.25) is 0 Å². The van der Waals surface area contributed by atoms with E-state index in [2.05, 4.69) is 4.90 Å². The molecule has 0 bridgehead atoms. The van der Waals surface area contributed by atoms with Crippen molar-refractivity contribution >= 4 is 5.82 Å². The van der Waals surface area contributed by atoms with Gasteiger partial charge in [-0.05, 0) is 12.1 Å². The van der Waals surface area contributed by atoms with E-state index in [9.17, 15) is 14.9 Å². The SMILES string of the molecule is Cn1c(N2CCN(Cc3ccco3)CC2)c(C#N)c(=O)n(C)c1=O. The zero-order valence-electron chi connectivity index (χ0n) is 13.7. The van der Waals surface area contributed by atoms with Crippen LogP contribution in [-0.2, 0) is 20.6 Å². The molecule has 0 aromatic carbocycles. The summed E-state index contributed by atoms with van der Waals surface area (Å²) in [4.78, 5) is 28.5. The van der Waals surface area contributed by atoms with E-state index in [4.69, 9.17) is 4.42 Å². The molecule has 0 N–H and O–H groups in total. The number of aromatic nitrogens is 2. The highest BCUT2D eigenvalue weighted by molar-refractivity contribution is 5.53. The van der Waals surface area contributed by atoms with Crippen LogP contribution in [-0.4, -0.2) is 40.2 Å². The fourth-order valence-electron chi connectivity index (χ4n) is 3.04. The summed E-state index contributed by atoms with van der Waals surface area (Å²) in [5, 5.41) is 9.36. The van der Waals surface area contributed by atoms with Crippen LogP contribution in [0.1, 0.15) is 11.3 Å². The number of piperazine rings is 1. The van der Waals surface area contributed by atoms with Crippen LogP contribution in [0.3, 0.4) is 0 Å². The highest BCUT2D eigenvalue weighted by atomic mass is 16.3. The fraction of sp³-hybridized carbons (Fsp3) is 0.438. The van der Waals surface area contributed by atoms with Gasteiger partial charge in [-0.1, -0.05) is 0 Å². The molecule has 2 aromatic heterocycles. The summed E-state index contributed by atoms with van der Waals surface area (Å²) in [6.45, 7) is 3.51. The van der Waals surface area contributed by atoms with E-state index in [1.807, 2.05) is 23.1 Å². The van der Waals surface area contributed by atoms with Gasteiger partial charge in [-0.15, -0.1) is 0 Å². The van der Waals surface area contributed by atoms with Gasteiger partial charge in [0.1, 0.15) is 17.6 Å². The maximum absolute atomic E-state index is 12.2. The van der Waals surface area contributed by atoms with Gasteiger partial charge in [-0.25, -0.2) is 4.79 Å². The normalized spacial score (nSPS) is 15.5. The topological polar surface area (TPSA) is 87.4 Å². The molecular formula is C16H19N5O3. The van der Waals surface area contributed by atoms with Crippen LogP contribution in [0, 0.1) is 11.3 Å². The average Bonchev–Trinajstić information content (AvgIpc) is 3.10.